The van der Waals surface area contributed by atoms with Crippen molar-refractivity contribution >= 4 is 0 Å². The molecule has 0 spiro atoms. The average Bonchev–Trinajstić information content (AvgIpc) is 2.32. The first-order valence-corrected chi connectivity index (χ1v) is 6.33. The van der Waals surface area contributed by atoms with Gasteiger partial charge in [0.1, 0.15) is 6.10 Å². The molecule has 0 saturated carbocycles. The minimum absolute atomic E-state index is 0.328. The van der Waals surface area contributed by atoms with Crippen LogP contribution in [0.3, 0.4) is 0 Å². The number of hydrogen-bond acceptors (Lipinski definition) is 3. The predicted molar refractivity (Wildman–Crippen MR) is 65.2 cm³/mol. The summed E-state index contributed by atoms with van der Waals surface area (Å²) in [7, 11) is 0. The van der Waals surface area contributed by atoms with Gasteiger partial charge in [0.25, 0.3) is 0 Å². The van der Waals surface area contributed by atoms with Crippen molar-refractivity contribution in [2.24, 2.45) is 5.92 Å². The summed E-state index contributed by atoms with van der Waals surface area (Å²) in [6, 6.07) is 2.03. The molecule has 0 aromatic rings. The van der Waals surface area contributed by atoms with Crippen molar-refractivity contribution in [1.82, 2.24) is 0 Å². The molecule has 0 aliphatic carbocycles. The lowest BCUT2D eigenvalue weighted by Gasteiger charge is -2.14. The molecule has 0 aliphatic heterocycles. The fraction of sp³-hybridized carbons (Fsp3) is 0.923. The molecule has 3 nitrogen and oxygen atoms in total. The van der Waals surface area contributed by atoms with Gasteiger partial charge in [0.05, 0.1) is 19.3 Å². The number of hydrogen-bond donors (Lipinski definition) is 0. The van der Waals surface area contributed by atoms with E-state index in [1.165, 1.54) is 25.7 Å². The Hall–Kier alpha value is -0.590. The van der Waals surface area contributed by atoms with Crippen LogP contribution in [0.2, 0.25) is 0 Å². The monoisotopic (exact) mass is 227 g/mol. The van der Waals surface area contributed by atoms with E-state index in [1.54, 1.807) is 6.92 Å². The molecule has 94 valence electrons. The SMILES string of the molecule is CCCCC(CC)COCCOC(C)C#N. The number of ether oxygens (including phenoxy) is 2. The summed E-state index contributed by atoms with van der Waals surface area (Å²) in [6.45, 7) is 8.09. The highest BCUT2D eigenvalue weighted by Gasteiger charge is 2.05. The van der Waals surface area contributed by atoms with Crippen LogP contribution in [0.4, 0.5) is 0 Å². The fourth-order valence-electron chi connectivity index (χ4n) is 1.47. The van der Waals surface area contributed by atoms with E-state index in [0.29, 0.717) is 19.1 Å². The van der Waals surface area contributed by atoms with Gasteiger partial charge < -0.3 is 9.47 Å². The Balaban J connectivity index is 3.38. The smallest absolute Gasteiger partial charge is 0.141 e. The molecule has 16 heavy (non-hydrogen) atoms. The zero-order valence-corrected chi connectivity index (χ0v) is 10.9. The van der Waals surface area contributed by atoms with Crippen LogP contribution >= 0.6 is 0 Å². The topological polar surface area (TPSA) is 42.2 Å². The van der Waals surface area contributed by atoms with Gasteiger partial charge in [-0.2, -0.15) is 5.26 Å². The Morgan fingerprint density at radius 3 is 2.56 bits per heavy atom. The van der Waals surface area contributed by atoms with E-state index in [-0.39, 0.29) is 6.10 Å². The van der Waals surface area contributed by atoms with E-state index in [9.17, 15) is 0 Å². The molecule has 0 aromatic heterocycles. The third-order valence-corrected chi connectivity index (χ3v) is 2.67. The highest BCUT2D eigenvalue weighted by Crippen LogP contribution is 2.12. The zero-order chi connectivity index (χ0) is 12.2. The Morgan fingerprint density at radius 2 is 2.00 bits per heavy atom. The van der Waals surface area contributed by atoms with E-state index in [1.807, 2.05) is 6.07 Å². The molecule has 0 aromatic carbocycles. The quantitative estimate of drug-likeness (QED) is 0.538. The lowest BCUT2D eigenvalue weighted by Crippen LogP contribution is -2.14. The van der Waals surface area contributed by atoms with Crippen LogP contribution in [-0.2, 0) is 9.47 Å². The zero-order valence-electron chi connectivity index (χ0n) is 10.9. The van der Waals surface area contributed by atoms with Gasteiger partial charge in [0.15, 0.2) is 0 Å². The average molecular weight is 227 g/mol. The predicted octanol–water partition coefficient (Wildman–Crippen LogP) is 3.15. The van der Waals surface area contributed by atoms with E-state index in [0.717, 1.165) is 6.61 Å². The van der Waals surface area contributed by atoms with Crippen LogP contribution < -0.4 is 0 Å². The van der Waals surface area contributed by atoms with E-state index in [4.69, 9.17) is 14.7 Å². The van der Waals surface area contributed by atoms with Crippen molar-refractivity contribution in [2.45, 2.75) is 52.6 Å². The number of nitrogens with zero attached hydrogens (tertiary/aromatic N) is 1. The molecule has 0 N–H and O–H groups in total. The Kier molecular flexibility index (Phi) is 10.5. The maximum Gasteiger partial charge on any atom is 0.141 e. The van der Waals surface area contributed by atoms with Crippen molar-refractivity contribution in [1.29, 1.82) is 5.26 Å². The molecular weight excluding hydrogens is 202 g/mol. The van der Waals surface area contributed by atoms with Gasteiger partial charge in [0.2, 0.25) is 0 Å². The van der Waals surface area contributed by atoms with Crippen molar-refractivity contribution < 1.29 is 9.47 Å². The first kappa shape index (κ1) is 15.4. The fourth-order valence-corrected chi connectivity index (χ4v) is 1.47. The van der Waals surface area contributed by atoms with E-state index >= 15 is 0 Å². The van der Waals surface area contributed by atoms with E-state index in [2.05, 4.69) is 13.8 Å². The van der Waals surface area contributed by atoms with Crippen LogP contribution in [0, 0.1) is 17.2 Å². The molecule has 0 rings (SSSR count). The number of nitriles is 1. The molecule has 0 amide bonds. The van der Waals surface area contributed by atoms with Crippen molar-refractivity contribution in [3.05, 3.63) is 0 Å². The molecule has 0 fully saturated rings. The maximum absolute atomic E-state index is 8.50. The molecule has 3 heteroatoms. The third kappa shape index (κ3) is 8.70. The molecule has 2 atom stereocenters. The van der Waals surface area contributed by atoms with Gasteiger partial charge in [0, 0.05) is 6.61 Å². The van der Waals surface area contributed by atoms with E-state index < -0.39 is 0 Å². The molecule has 0 saturated heterocycles. The summed E-state index contributed by atoms with van der Waals surface area (Å²) in [4.78, 5) is 0. The molecule has 0 radical (unpaired) electrons. The van der Waals surface area contributed by atoms with Crippen LogP contribution in [0.15, 0.2) is 0 Å². The largest absolute Gasteiger partial charge is 0.379 e. The number of rotatable bonds is 10. The van der Waals surface area contributed by atoms with Crippen molar-refractivity contribution in [3.63, 3.8) is 0 Å². The second kappa shape index (κ2) is 10.9. The first-order valence-electron chi connectivity index (χ1n) is 6.33. The minimum Gasteiger partial charge on any atom is -0.379 e. The van der Waals surface area contributed by atoms with Crippen molar-refractivity contribution in [3.8, 4) is 6.07 Å². The van der Waals surface area contributed by atoms with Gasteiger partial charge in [-0.25, -0.2) is 0 Å². The molecule has 0 aliphatic rings. The highest BCUT2D eigenvalue weighted by atomic mass is 16.5. The van der Waals surface area contributed by atoms with Crippen molar-refractivity contribution in [2.75, 3.05) is 19.8 Å². The van der Waals surface area contributed by atoms with Gasteiger partial charge in [-0.15, -0.1) is 0 Å². The summed E-state index contributed by atoms with van der Waals surface area (Å²) < 4.78 is 10.7. The summed E-state index contributed by atoms with van der Waals surface area (Å²) in [5, 5.41) is 8.50. The second-order valence-electron chi connectivity index (χ2n) is 4.13. The first-order chi connectivity index (χ1) is 7.74. The van der Waals surface area contributed by atoms with Crippen LogP contribution in [0.25, 0.3) is 0 Å². The summed E-state index contributed by atoms with van der Waals surface area (Å²) in [5.74, 6) is 0.674. The normalized spacial score (nSPS) is 14.4. The number of unbranched alkanes of at least 4 members (excludes halogenated alkanes) is 1. The van der Waals surface area contributed by atoms with Gasteiger partial charge in [-0.3, -0.25) is 0 Å². The lowest BCUT2D eigenvalue weighted by molar-refractivity contribution is 0.0186. The molecule has 0 bridgehead atoms. The van der Waals surface area contributed by atoms with Gasteiger partial charge in [-0.05, 0) is 19.3 Å². The Morgan fingerprint density at radius 1 is 1.25 bits per heavy atom. The second-order valence-corrected chi connectivity index (χ2v) is 4.13. The third-order valence-electron chi connectivity index (χ3n) is 2.67. The maximum atomic E-state index is 8.50. The van der Waals surface area contributed by atoms with Crippen LogP contribution in [0.1, 0.15) is 46.5 Å². The summed E-state index contributed by atoms with van der Waals surface area (Å²) >= 11 is 0. The van der Waals surface area contributed by atoms with Crippen LogP contribution in [-0.4, -0.2) is 25.9 Å². The summed E-state index contributed by atoms with van der Waals surface area (Å²) in [5.41, 5.74) is 0. The standard InChI is InChI=1S/C13H25NO2/c1-4-6-7-13(5-2)11-15-8-9-16-12(3)10-14/h12-13H,4-9,11H2,1-3H3. The summed E-state index contributed by atoms with van der Waals surface area (Å²) in [6.07, 6.45) is 4.63. The minimum atomic E-state index is -0.328. The molecule has 2 unspecified atom stereocenters. The lowest BCUT2D eigenvalue weighted by atomic mass is 10.0. The molecule has 0 heterocycles. The van der Waals surface area contributed by atoms with Gasteiger partial charge >= 0.3 is 0 Å². The Bertz CT molecular complexity index is 189. The van der Waals surface area contributed by atoms with Gasteiger partial charge in [-0.1, -0.05) is 33.1 Å². The Labute approximate surface area is 99.7 Å². The highest BCUT2D eigenvalue weighted by molar-refractivity contribution is 4.78. The van der Waals surface area contributed by atoms with Crippen LogP contribution in [0.5, 0.6) is 0 Å². The molecular formula is C13H25NO2.